The van der Waals surface area contributed by atoms with Crippen molar-refractivity contribution >= 4 is 35.0 Å². The number of methoxy groups -OCH3 is 1. The van der Waals surface area contributed by atoms with Gasteiger partial charge in [0.05, 0.1) is 30.5 Å². The molecule has 13 heteroatoms. The molecular formula is C45H46FN5O7. The zero-order valence-corrected chi connectivity index (χ0v) is 32.4. The highest BCUT2D eigenvalue weighted by Gasteiger charge is 2.45. The van der Waals surface area contributed by atoms with Crippen LogP contribution in [-0.2, 0) is 9.59 Å². The number of hydrogen-bond donors (Lipinski definition) is 2. The lowest BCUT2D eigenvalue weighted by Crippen LogP contribution is -2.54. The summed E-state index contributed by atoms with van der Waals surface area (Å²) in [6.07, 6.45) is 2.20. The molecule has 3 atom stereocenters. The van der Waals surface area contributed by atoms with E-state index in [4.69, 9.17) is 9.47 Å². The maximum Gasteiger partial charge on any atom is 0.262 e. The zero-order chi connectivity index (χ0) is 40.1. The van der Waals surface area contributed by atoms with E-state index in [1.807, 2.05) is 23.1 Å². The van der Waals surface area contributed by atoms with Crippen molar-refractivity contribution in [3.8, 4) is 17.2 Å². The number of carbonyl (C=O) groups is 4. The standard InChI is InChI=1S/C45H46FN5O7/c1-57-32-4-2-3-29(21-32)36-26-58-40-22-31(52)9-10-33(40)42(36)28-5-7-30(8-6-28)49-15-13-27(14-16-49)25-48-17-19-50(20-18-48)39-24-35-34(23-37(39)46)44(55)51(45(35)56)38-11-12-41(53)47-43(38)54/h2-10,21-24,27,36,38,42,52H,11-20,25-26H2,1H3,(H,47,53,54)/t36-,38?,42-/m1/s1. The first-order valence-corrected chi connectivity index (χ1v) is 20.1. The molecule has 5 aliphatic heterocycles. The van der Waals surface area contributed by atoms with E-state index >= 15 is 4.39 Å². The van der Waals surface area contributed by atoms with Crippen molar-refractivity contribution in [3.63, 3.8) is 0 Å². The smallest absolute Gasteiger partial charge is 0.262 e. The third-order valence-electron chi connectivity index (χ3n) is 12.6. The number of rotatable bonds is 8. The lowest BCUT2D eigenvalue weighted by molar-refractivity contribution is -0.136. The Morgan fingerprint density at radius 3 is 2.28 bits per heavy atom. The average molecular weight is 788 g/mol. The van der Waals surface area contributed by atoms with Crippen LogP contribution >= 0.6 is 0 Å². The van der Waals surface area contributed by atoms with Gasteiger partial charge in [0.25, 0.3) is 11.8 Å². The first kappa shape index (κ1) is 37.6. The molecule has 0 bridgehead atoms. The predicted octanol–water partition coefficient (Wildman–Crippen LogP) is 5.29. The van der Waals surface area contributed by atoms with Crippen LogP contribution in [0.15, 0.2) is 78.9 Å². The van der Waals surface area contributed by atoms with Gasteiger partial charge in [0.2, 0.25) is 11.8 Å². The monoisotopic (exact) mass is 787 g/mol. The van der Waals surface area contributed by atoms with Gasteiger partial charge in [-0.3, -0.25) is 34.3 Å². The Bertz CT molecular complexity index is 2270. The Kier molecular flexibility index (Phi) is 10.0. The molecule has 5 aliphatic rings. The fourth-order valence-corrected chi connectivity index (χ4v) is 9.49. The number of benzene rings is 4. The summed E-state index contributed by atoms with van der Waals surface area (Å²) in [6, 6.07) is 23.9. The van der Waals surface area contributed by atoms with Crippen LogP contribution in [0.2, 0.25) is 0 Å². The first-order valence-electron chi connectivity index (χ1n) is 20.1. The van der Waals surface area contributed by atoms with Crippen molar-refractivity contribution < 1.29 is 38.1 Å². The van der Waals surface area contributed by atoms with Gasteiger partial charge in [0.1, 0.15) is 29.1 Å². The van der Waals surface area contributed by atoms with Crippen molar-refractivity contribution in [2.45, 2.75) is 43.6 Å². The maximum atomic E-state index is 15.5. The van der Waals surface area contributed by atoms with Crippen molar-refractivity contribution in [3.05, 3.63) is 112 Å². The van der Waals surface area contributed by atoms with Crippen LogP contribution in [0.3, 0.4) is 0 Å². The van der Waals surface area contributed by atoms with Crippen LogP contribution < -0.4 is 24.6 Å². The molecule has 300 valence electrons. The number of carbonyl (C=O) groups excluding carboxylic acids is 4. The SMILES string of the molecule is COc1cccc([C@H]2COc3cc(O)ccc3[C@H]2c2ccc(N3CCC(CN4CCN(c5cc6c(cc5F)C(=O)N(C5CCC(=O)NC5=O)C6=O)CC4)CC3)cc2)c1. The van der Waals surface area contributed by atoms with Gasteiger partial charge >= 0.3 is 0 Å². The Balaban J connectivity index is 0.804. The first-order chi connectivity index (χ1) is 28.1. The number of phenols is 1. The van der Waals surface area contributed by atoms with Crippen molar-refractivity contribution in [2.75, 3.05) is 69.3 Å². The Morgan fingerprint density at radius 2 is 1.55 bits per heavy atom. The Morgan fingerprint density at radius 1 is 0.810 bits per heavy atom. The third-order valence-corrected chi connectivity index (χ3v) is 12.6. The van der Waals surface area contributed by atoms with E-state index in [-0.39, 0.29) is 47.2 Å². The van der Waals surface area contributed by atoms with E-state index in [2.05, 4.69) is 51.5 Å². The van der Waals surface area contributed by atoms with Gasteiger partial charge in [-0.05, 0) is 78.8 Å². The summed E-state index contributed by atoms with van der Waals surface area (Å²) in [4.78, 5) is 58.2. The highest BCUT2D eigenvalue weighted by Crippen LogP contribution is 2.47. The minimum absolute atomic E-state index is 0.0233. The number of aromatic hydroxyl groups is 1. The van der Waals surface area contributed by atoms with Gasteiger partial charge in [-0.15, -0.1) is 0 Å². The van der Waals surface area contributed by atoms with Gasteiger partial charge in [-0.1, -0.05) is 30.3 Å². The summed E-state index contributed by atoms with van der Waals surface area (Å²) in [5, 5.41) is 12.4. The van der Waals surface area contributed by atoms with E-state index in [9.17, 15) is 24.3 Å². The summed E-state index contributed by atoms with van der Waals surface area (Å²) in [7, 11) is 1.68. The molecule has 0 aromatic heterocycles. The van der Waals surface area contributed by atoms with Crippen molar-refractivity contribution in [1.82, 2.24) is 15.1 Å². The molecule has 4 aromatic carbocycles. The Labute approximate surface area is 336 Å². The van der Waals surface area contributed by atoms with E-state index in [1.54, 1.807) is 19.2 Å². The number of imide groups is 2. The molecule has 0 radical (unpaired) electrons. The van der Waals surface area contributed by atoms with Gasteiger partial charge in [0, 0.05) is 81.4 Å². The van der Waals surface area contributed by atoms with Gasteiger partial charge in [0.15, 0.2) is 0 Å². The number of hydrogen-bond acceptors (Lipinski definition) is 10. The normalized spacial score (nSPS) is 22.7. The number of piperazine rings is 1. The number of fused-ring (bicyclic) bond motifs is 2. The second-order valence-corrected chi connectivity index (χ2v) is 16.0. The predicted molar refractivity (Wildman–Crippen MR) is 214 cm³/mol. The highest BCUT2D eigenvalue weighted by atomic mass is 19.1. The number of ether oxygens (including phenoxy) is 2. The summed E-state index contributed by atoms with van der Waals surface area (Å²) < 4.78 is 27.2. The average Bonchev–Trinajstić information content (AvgIpc) is 3.47. The zero-order valence-electron chi connectivity index (χ0n) is 32.4. The van der Waals surface area contributed by atoms with Crippen LogP contribution in [0.4, 0.5) is 15.8 Å². The van der Waals surface area contributed by atoms with Crippen LogP contribution in [0.1, 0.15) is 74.9 Å². The number of halogens is 1. The number of anilines is 2. The lowest BCUT2D eigenvalue weighted by Gasteiger charge is -2.40. The molecule has 2 N–H and O–H groups in total. The van der Waals surface area contributed by atoms with Crippen molar-refractivity contribution in [1.29, 1.82) is 0 Å². The van der Waals surface area contributed by atoms with Crippen LogP contribution in [0.25, 0.3) is 0 Å². The van der Waals surface area contributed by atoms with Crippen LogP contribution in [-0.4, -0.2) is 104 Å². The maximum absolute atomic E-state index is 15.5. The van der Waals surface area contributed by atoms with Crippen LogP contribution in [0.5, 0.6) is 17.2 Å². The van der Waals surface area contributed by atoms with E-state index in [1.165, 1.54) is 17.3 Å². The van der Waals surface area contributed by atoms with Gasteiger partial charge in [-0.25, -0.2) is 4.39 Å². The van der Waals surface area contributed by atoms with Crippen LogP contribution in [0, 0.1) is 11.7 Å². The van der Waals surface area contributed by atoms with E-state index < -0.39 is 35.5 Å². The molecule has 4 amide bonds. The molecule has 4 aromatic rings. The molecule has 3 fully saturated rings. The topological polar surface area (TPSA) is 132 Å². The Hall–Kier alpha value is -5.95. The molecule has 0 saturated carbocycles. The summed E-state index contributed by atoms with van der Waals surface area (Å²) in [6.45, 7) is 6.02. The molecular weight excluding hydrogens is 742 g/mol. The largest absolute Gasteiger partial charge is 0.508 e. The number of nitrogens with zero attached hydrogens (tertiary/aromatic N) is 4. The fraction of sp³-hybridized carbons (Fsp3) is 0.378. The lowest BCUT2D eigenvalue weighted by atomic mass is 9.76. The number of piperidine rings is 2. The molecule has 58 heavy (non-hydrogen) atoms. The third kappa shape index (κ3) is 7.01. The summed E-state index contributed by atoms with van der Waals surface area (Å²) >= 11 is 0. The van der Waals surface area contributed by atoms with Crippen molar-refractivity contribution in [2.24, 2.45) is 5.92 Å². The minimum Gasteiger partial charge on any atom is -0.508 e. The molecule has 12 nitrogen and oxygen atoms in total. The molecule has 3 saturated heterocycles. The molecule has 0 aliphatic carbocycles. The number of phenolic OH excluding ortho intramolecular Hbond substituents is 1. The second kappa shape index (κ2) is 15.4. The quantitative estimate of drug-likeness (QED) is 0.227. The van der Waals surface area contributed by atoms with E-state index in [0.29, 0.717) is 31.4 Å². The number of amides is 4. The fourth-order valence-electron chi connectivity index (χ4n) is 9.49. The molecule has 9 rings (SSSR count). The van der Waals surface area contributed by atoms with Gasteiger partial charge < -0.3 is 24.4 Å². The minimum atomic E-state index is -1.09. The van der Waals surface area contributed by atoms with E-state index in [0.717, 1.165) is 73.4 Å². The summed E-state index contributed by atoms with van der Waals surface area (Å²) in [5.41, 5.74) is 4.89. The number of nitrogens with one attached hydrogen (secondary N) is 1. The van der Waals surface area contributed by atoms with Gasteiger partial charge in [-0.2, -0.15) is 0 Å². The molecule has 5 heterocycles. The molecule has 0 spiro atoms. The molecule has 1 unspecified atom stereocenters. The second-order valence-electron chi connectivity index (χ2n) is 16.0. The summed E-state index contributed by atoms with van der Waals surface area (Å²) in [5.74, 6) is -0.715. The highest BCUT2D eigenvalue weighted by molar-refractivity contribution is 6.23.